The molecule has 0 aromatic heterocycles. The maximum atomic E-state index is 12.5. The van der Waals surface area contributed by atoms with Gasteiger partial charge in [0.15, 0.2) is 5.78 Å². The van der Waals surface area contributed by atoms with Crippen LogP contribution in [0.15, 0.2) is 36.4 Å². The van der Waals surface area contributed by atoms with Crippen molar-refractivity contribution in [2.75, 3.05) is 13.7 Å². The van der Waals surface area contributed by atoms with Gasteiger partial charge >= 0.3 is 0 Å². The van der Waals surface area contributed by atoms with E-state index < -0.39 is 5.92 Å². The number of ether oxygens (including phenoxy) is 2. The summed E-state index contributed by atoms with van der Waals surface area (Å²) in [5, 5.41) is 19.5. The Bertz CT molecular complexity index is 708. The largest absolute Gasteiger partial charge is 0.508 e. The van der Waals surface area contributed by atoms with Gasteiger partial charge in [0, 0.05) is 17.7 Å². The molecule has 0 radical (unpaired) electrons. The van der Waals surface area contributed by atoms with Gasteiger partial charge in [-0.3, -0.25) is 4.79 Å². The van der Waals surface area contributed by atoms with E-state index >= 15 is 0 Å². The van der Waals surface area contributed by atoms with Crippen LogP contribution >= 0.6 is 0 Å². The van der Waals surface area contributed by atoms with Crippen molar-refractivity contribution in [2.45, 2.75) is 5.92 Å². The number of phenolic OH excluding ortho intramolecular Hbond substituents is 2. The maximum absolute atomic E-state index is 12.5. The summed E-state index contributed by atoms with van der Waals surface area (Å²) in [6, 6.07) is 9.20. The molecule has 0 bridgehead atoms. The van der Waals surface area contributed by atoms with Crippen molar-refractivity contribution in [1.82, 2.24) is 0 Å². The SMILES string of the molecule is COc1ccc(C2COc3cc(O)ccc3C2=O)c(O)c1. The smallest absolute Gasteiger partial charge is 0.177 e. The van der Waals surface area contributed by atoms with E-state index in [2.05, 4.69) is 0 Å². The molecule has 1 aliphatic heterocycles. The molecule has 2 N–H and O–H groups in total. The standard InChI is InChI=1S/C16H14O5/c1-20-10-3-5-11(14(18)7-10)13-8-21-15-6-9(17)2-4-12(15)16(13)19/h2-7,13,17-18H,8H2,1H3. The Morgan fingerprint density at radius 1 is 1.19 bits per heavy atom. The Labute approximate surface area is 121 Å². The maximum Gasteiger partial charge on any atom is 0.177 e. The normalized spacial score (nSPS) is 17.0. The van der Waals surface area contributed by atoms with E-state index in [0.717, 1.165) is 0 Å². The number of hydrogen-bond donors (Lipinski definition) is 2. The van der Waals surface area contributed by atoms with Crippen LogP contribution in [0.25, 0.3) is 0 Å². The van der Waals surface area contributed by atoms with Gasteiger partial charge in [-0.25, -0.2) is 0 Å². The Kier molecular flexibility index (Phi) is 3.17. The van der Waals surface area contributed by atoms with Gasteiger partial charge in [-0.2, -0.15) is 0 Å². The number of benzene rings is 2. The first-order valence-corrected chi connectivity index (χ1v) is 6.47. The Morgan fingerprint density at radius 3 is 2.71 bits per heavy atom. The third-order valence-electron chi connectivity index (χ3n) is 3.57. The molecule has 5 heteroatoms. The van der Waals surface area contributed by atoms with Crippen LogP contribution in [0.1, 0.15) is 21.8 Å². The molecule has 0 spiro atoms. The molecule has 0 amide bonds. The van der Waals surface area contributed by atoms with E-state index in [0.29, 0.717) is 22.6 Å². The fourth-order valence-electron chi connectivity index (χ4n) is 2.45. The molecule has 0 saturated heterocycles. The number of phenols is 2. The zero-order valence-corrected chi connectivity index (χ0v) is 11.4. The highest BCUT2D eigenvalue weighted by Crippen LogP contribution is 2.38. The number of ketones is 1. The molecule has 0 fully saturated rings. The van der Waals surface area contributed by atoms with Gasteiger partial charge in [-0.05, 0) is 18.2 Å². The predicted molar refractivity (Wildman–Crippen MR) is 75.3 cm³/mol. The van der Waals surface area contributed by atoms with Crippen molar-refractivity contribution in [3.63, 3.8) is 0 Å². The Morgan fingerprint density at radius 2 is 2.00 bits per heavy atom. The summed E-state index contributed by atoms with van der Waals surface area (Å²) < 4.78 is 10.6. The monoisotopic (exact) mass is 286 g/mol. The van der Waals surface area contributed by atoms with Crippen LogP contribution in [-0.4, -0.2) is 29.7 Å². The molecule has 1 aliphatic rings. The molecule has 0 aliphatic carbocycles. The second-order valence-electron chi connectivity index (χ2n) is 4.83. The van der Waals surface area contributed by atoms with E-state index in [-0.39, 0.29) is 23.9 Å². The lowest BCUT2D eigenvalue weighted by Gasteiger charge is -2.25. The number of fused-ring (bicyclic) bond motifs is 1. The van der Waals surface area contributed by atoms with Crippen LogP contribution in [0.2, 0.25) is 0 Å². The molecular formula is C16H14O5. The van der Waals surface area contributed by atoms with Crippen molar-refractivity contribution < 1.29 is 24.5 Å². The number of aromatic hydroxyl groups is 2. The van der Waals surface area contributed by atoms with E-state index in [1.54, 1.807) is 12.1 Å². The van der Waals surface area contributed by atoms with Crippen LogP contribution in [0.5, 0.6) is 23.0 Å². The Hall–Kier alpha value is -2.69. The summed E-state index contributed by atoms with van der Waals surface area (Å²) in [5.74, 6) is 0.213. The average Bonchev–Trinajstić information content (AvgIpc) is 2.48. The molecule has 5 nitrogen and oxygen atoms in total. The van der Waals surface area contributed by atoms with Gasteiger partial charge in [0.25, 0.3) is 0 Å². The van der Waals surface area contributed by atoms with Crippen LogP contribution in [-0.2, 0) is 0 Å². The summed E-state index contributed by atoms with van der Waals surface area (Å²) in [4.78, 5) is 12.5. The van der Waals surface area contributed by atoms with Gasteiger partial charge in [0.05, 0.1) is 18.6 Å². The number of rotatable bonds is 2. The van der Waals surface area contributed by atoms with Crippen molar-refractivity contribution in [3.05, 3.63) is 47.5 Å². The van der Waals surface area contributed by atoms with E-state index in [1.165, 1.54) is 31.4 Å². The second-order valence-corrected chi connectivity index (χ2v) is 4.83. The highest BCUT2D eigenvalue weighted by Gasteiger charge is 2.32. The first-order valence-electron chi connectivity index (χ1n) is 6.47. The number of Topliss-reactive ketones (excluding diaryl/α,β-unsaturated/α-hetero) is 1. The summed E-state index contributed by atoms with van der Waals surface area (Å²) >= 11 is 0. The second kappa shape index (κ2) is 5.01. The van der Waals surface area contributed by atoms with Gasteiger partial charge in [0.1, 0.15) is 29.6 Å². The number of carbonyl (C=O) groups is 1. The third kappa shape index (κ3) is 2.27. The molecule has 0 saturated carbocycles. The quantitative estimate of drug-likeness (QED) is 0.887. The lowest BCUT2D eigenvalue weighted by molar-refractivity contribution is 0.0894. The lowest BCUT2D eigenvalue weighted by Crippen LogP contribution is -2.26. The van der Waals surface area contributed by atoms with Gasteiger partial charge in [-0.1, -0.05) is 6.07 Å². The van der Waals surface area contributed by atoms with Crippen LogP contribution < -0.4 is 9.47 Å². The van der Waals surface area contributed by atoms with Crippen molar-refractivity contribution >= 4 is 5.78 Å². The number of carbonyl (C=O) groups excluding carboxylic acids is 1. The predicted octanol–water partition coefficient (Wildman–Crippen LogP) is 2.47. The van der Waals surface area contributed by atoms with Gasteiger partial charge in [0.2, 0.25) is 0 Å². The number of methoxy groups -OCH3 is 1. The third-order valence-corrected chi connectivity index (χ3v) is 3.57. The summed E-state index contributed by atoms with van der Waals surface area (Å²) in [6.07, 6.45) is 0. The highest BCUT2D eigenvalue weighted by molar-refractivity contribution is 6.04. The van der Waals surface area contributed by atoms with E-state index in [9.17, 15) is 15.0 Å². The highest BCUT2D eigenvalue weighted by atomic mass is 16.5. The Balaban J connectivity index is 1.98. The van der Waals surface area contributed by atoms with Crippen LogP contribution in [0.3, 0.4) is 0 Å². The first-order chi connectivity index (χ1) is 10.1. The van der Waals surface area contributed by atoms with Crippen molar-refractivity contribution in [1.29, 1.82) is 0 Å². The molecule has 108 valence electrons. The van der Waals surface area contributed by atoms with Gasteiger partial charge in [-0.15, -0.1) is 0 Å². The fourth-order valence-corrected chi connectivity index (χ4v) is 2.45. The number of hydrogen-bond acceptors (Lipinski definition) is 5. The van der Waals surface area contributed by atoms with Gasteiger partial charge < -0.3 is 19.7 Å². The lowest BCUT2D eigenvalue weighted by atomic mass is 9.88. The first kappa shape index (κ1) is 13.3. The topological polar surface area (TPSA) is 76.0 Å². The molecule has 1 atom stereocenters. The van der Waals surface area contributed by atoms with Crippen molar-refractivity contribution in [2.24, 2.45) is 0 Å². The molecule has 1 unspecified atom stereocenters. The average molecular weight is 286 g/mol. The van der Waals surface area contributed by atoms with Crippen LogP contribution in [0, 0.1) is 0 Å². The fraction of sp³-hybridized carbons (Fsp3) is 0.188. The van der Waals surface area contributed by atoms with E-state index in [4.69, 9.17) is 9.47 Å². The zero-order chi connectivity index (χ0) is 15.0. The summed E-state index contributed by atoms with van der Waals surface area (Å²) in [5.41, 5.74) is 0.902. The van der Waals surface area contributed by atoms with Crippen LogP contribution in [0.4, 0.5) is 0 Å². The summed E-state index contributed by atoms with van der Waals surface area (Å²) in [6.45, 7) is 0.120. The van der Waals surface area contributed by atoms with Crippen molar-refractivity contribution in [3.8, 4) is 23.0 Å². The summed E-state index contributed by atoms with van der Waals surface area (Å²) in [7, 11) is 1.51. The minimum atomic E-state index is -0.576. The minimum Gasteiger partial charge on any atom is -0.508 e. The molecule has 2 aromatic carbocycles. The zero-order valence-electron chi connectivity index (χ0n) is 11.4. The molecular weight excluding hydrogens is 272 g/mol. The minimum absolute atomic E-state index is 0.00136. The molecule has 3 rings (SSSR count). The molecule has 1 heterocycles. The molecule has 21 heavy (non-hydrogen) atoms. The van der Waals surface area contributed by atoms with E-state index in [1.807, 2.05) is 0 Å². The molecule has 2 aromatic rings.